The van der Waals surface area contributed by atoms with Crippen LogP contribution in [0.25, 0.3) is 11.0 Å². The zero-order chi connectivity index (χ0) is 15.7. The van der Waals surface area contributed by atoms with Crippen molar-refractivity contribution >= 4 is 16.9 Å². The van der Waals surface area contributed by atoms with Gasteiger partial charge in [-0.3, -0.25) is 4.79 Å². The van der Waals surface area contributed by atoms with Gasteiger partial charge in [0.05, 0.1) is 23.9 Å². The lowest BCUT2D eigenvalue weighted by Gasteiger charge is -2.03. The Hall–Kier alpha value is -2.76. The van der Waals surface area contributed by atoms with E-state index in [0.717, 1.165) is 22.2 Å². The first kappa shape index (κ1) is 14.2. The number of phenolic OH excluding ortho intramolecular Hbond substituents is 1. The molecule has 6 nitrogen and oxygen atoms in total. The number of esters is 1. The van der Waals surface area contributed by atoms with Crippen LogP contribution < -0.4 is 0 Å². The van der Waals surface area contributed by atoms with Crippen LogP contribution in [-0.4, -0.2) is 16.2 Å². The van der Waals surface area contributed by atoms with Crippen LogP contribution in [-0.2, 0) is 22.6 Å². The number of nitrogens with zero attached hydrogens (tertiary/aromatic N) is 1. The topological polar surface area (TPSA) is 85.7 Å². The number of aromatic hydroxyl groups is 1. The summed E-state index contributed by atoms with van der Waals surface area (Å²) >= 11 is 0. The predicted octanol–water partition coefficient (Wildman–Crippen LogP) is 3.03. The summed E-state index contributed by atoms with van der Waals surface area (Å²) < 4.78 is 15.6. The van der Waals surface area contributed by atoms with Gasteiger partial charge in [0.25, 0.3) is 0 Å². The maximum Gasteiger partial charge on any atom is 0.310 e. The standard InChI is InChI=1S/C16H15NO5/c1-9-14(10(2)22-17-9)8-21-16(19)5-11-7-20-15-6-12(18)3-4-13(11)15/h3-4,6-7,18H,5,8H2,1-2H3. The molecule has 2 heterocycles. The van der Waals surface area contributed by atoms with Crippen molar-refractivity contribution in [3.8, 4) is 5.75 Å². The number of carbonyl (C=O) groups excluding carboxylic acids is 1. The van der Waals surface area contributed by atoms with Gasteiger partial charge in [0.2, 0.25) is 0 Å². The monoisotopic (exact) mass is 301 g/mol. The molecule has 0 aliphatic heterocycles. The van der Waals surface area contributed by atoms with Gasteiger partial charge in [-0.25, -0.2) is 0 Å². The Morgan fingerprint density at radius 2 is 2.18 bits per heavy atom. The highest BCUT2D eigenvalue weighted by Crippen LogP contribution is 2.25. The second kappa shape index (κ2) is 5.55. The average Bonchev–Trinajstić information content (AvgIpc) is 3.01. The Kier molecular flexibility index (Phi) is 3.58. The van der Waals surface area contributed by atoms with Crippen molar-refractivity contribution in [2.75, 3.05) is 0 Å². The summed E-state index contributed by atoms with van der Waals surface area (Å²) in [4.78, 5) is 12.0. The summed E-state index contributed by atoms with van der Waals surface area (Å²) in [6.45, 7) is 3.71. The van der Waals surface area contributed by atoms with Crippen molar-refractivity contribution < 1.29 is 23.6 Å². The van der Waals surface area contributed by atoms with Gasteiger partial charge in [-0.05, 0) is 26.0 Å². The summed E-state index contributed by atoms with van der Waals surface area (Å²) in [7, 11) is 0. The highest BCUT2D eigenvalue weighted by atomic mass is 16.5. The molecule has 0 fully saturated rings. The molecule has 0 aliphatic rings. The van der Waals surface area contributed by atoms with E-state index in [2.05, 4.69) is 5.16 Å². The molecular formula is C16H15NO5. The van der Waals surface area contributed by atoms with Gasteiger partial charge in [-0.1, -0.05) is 5.16 Å². The molecule has 0 amide bonds. The van der Waals surface area contributed by atoms with Crippen molar-refractivity contribution in [3.05, 3.63) is 47.0 Å². The summed E-state index contributed by atoms with van der Waals surface area (Å²) in [6, 6.07) is 4.77. The minimum Gasteiger partial charge on any atom is -0.508 e. The number of benzene rings is 1. The first-order valence-electron chi connectivity index (χ1n) is 6.81. The van der Waals surface area contributed by atoms with Gasteiger partial charge < -0.3 is 18.8 Å². The zero-order valence-corrected chi connectivity index (χ0v) is 12.3. The molecule has 6 heteroatoms. The van der Waals surface area contributed by atoms with E-state index in [9.17, 15) is 9.90 Å². The molecule has 22 heavy (non-hydrogen) atoms. The Morgan fingerprint density at radius 3 is 2.91 bits per heavy atom. The minimum atomic E-state index is -0.365. The van der Waals surface area contributed by atoms with Gasteiger partial charge in [-0.2, -0.15) is 0 Å². The zero-order valence-electron chi connectivity index (χ0n) is 12.3. The third kappa shape index (κ3) is 2.67. The fourth-order valence-electron chi connectivity index (χ4n) is 2.28. The number of furan rings is 1. The molecule has 114 valence electrons. The van der Waals surface area contributed by atoms with Crippen LogP contribution >= 0.6 is 0 Å². The SMILES string of the molecule is Cc1noc(C)c1COC(=O)Cc1coc2cc(O)ccc12. The van der Waals surface area contributed by atoms with Crippen LogP contribution in [0.3, 0.4) is 0 Å². The van der Waals surface area contributed by atoms with E-state index in [1.54, 1.807) is 26.0 Å². The first-order valence-corrected chi connectivity index (χ1v) is 6.81. The van der Waals surface area contributed by atoms with Gasteiger partial charge in [-0.15, -0.1) is 0 Å². The van der Waals surface area contributed by atoms with E-state index in [-0.39, 0.29) is 24.7 Å². The Bertz CT molecular complexity index is 811. The van der Waals surface area contributed by atoms with Crippen LogP contribution in [0.4, 0.5) is 0 Å². The van der Waals surface area contributed by atoms with Crippen molar-refractivity contribution in [1.29, 1.82) is 0 Å². The van der Waals surface area contributed by atoms with E-state index in [1.807, 2.05) is 0 Å². The molecule has 0 spiro atoms. The lowest BCUT2D eigenvalue weighted by atomic mass is 10.1. The molecule has 2 aromatic heterocycles. The van der Waals surface area contributed by atoms with Crippen LogP contribution in [0.1, 0.15) is 22.6 Å². The third-order valence-electron chi connectivity index (χ3n) is 3.53. The number of aromatic nitrogens is 1. The molecule has 3 aromatic rings. The molecule has 1 aromatic carbocycles. The Labute approximate surface area is 126 Å². The van der Waals surface area contributed by atoms with E-state index >= 15 is 0 Å². The van der Waals surface area contributed by atoms with E-state index in [0.29, 0.717) is 11.3 Å². The molecule has 0 unspecified atom stereocenters. The largest absolute Gasteiger partial charge is 0.508 e. The molecular weight excluding hydrogens is 286 g/mol. The number of hydrogen-bond donors (Lipinski definition) is 1. The summed E-state index contributed by atoms with van der Waals surface area (Å²) in [5.41, 5.74) is 2.76. The number of aryl methyl sites for hydroxylation is 2. The summed E-state index contributed by atoms with van der Waals surface area (Å²) in [5.74, 6) is 0.402. The van der Waals surface area contributed by atoms with E-state index in [4.69, 9.17) is 13.7 Å². The van der Waals surface area contributed by atoms with Crippen LogP contribution in [0.2, 0.25) is 0 Å². The number of rotatable bonds is 4. The number of phenols is 1. The van der Waals surface area contributed by atoms with Crippen molar-refractivity contribution in [2.45, 2.75) is 26.9 Å². The molecule has 0 atom stereocenters. The summed E-state index contributed by atoms with van der Waals surface area (Å²) in [6.07, 6.45) is 1.60. The third-order valence-corrected chi connectivity index (χ3v) is 3.53. The normalized spacial score (nSPS) is 11.0. The highest BCUT2D eigenvalue weighted by Gasteiger charge is 2.14. The molecule has 0 bridgehead atoms. The maximum atomic E-state index is 12.0. The smallest absolute Gasteiger partial charge is 0.310 e. The fraction of sp³-hybridized carbons (Fsp3) is 0.250. The maximum absolute atomic E-state index is 12.0. The second-order valence-corrected chi connectivity index (χ2v) is 5.08. The minimum absolute atomic E-state index is 0.0984. The quantitative estimate of drug-likeness (QED) is 0.745. The molecule has 1 N–H and O–H groups in total. The van der Waals surface area contributed by atoms with Gasteiger partial charge >= 0.3 is 5.97 Å². The van der Waals surface area contributed by atoms with Gasteiger partial charge in [0.1, 0.15) is 23.7 Å². The van der Waals surface area contributed by atoms with Crippen molar-refractivity contribution in [3.63, 3.8) is 0 Å². The second-order valence-electron chi connectivity index (χ2n) is 5.08. The molecule has 3 rings (SSSR count). The highest BCUT2D eigenvalue weighted by molar-refractivity contribution is 5.86. The number of hydrogen-bond acceptors (Lipinski definition) is 6. The number of carbonyl (C=O) groups is 1. The molecule has 0 radical (unpaired) electrons. The average molecular weight is 301 g/mol. The van der Waals surface area contributed by atoms with Gasteiger partial charge in [0.15, 0.2) is 0 Å². The Morgan fingerprint density at radius 1 is 1.36 bits per heavy atom. The molecule has 0 saturated heterocycles. The van der Waals surface area contributed by atoms with Crippen molar-refractivity contribution in [2.24, 2.45) is 0 Å². The number of ether oxygens (including phenoxy) is 1. The fourth-order valence-corrected chi connectivity index (χ4v) is 2.28. The van der Waals surface area contributed by atoms with E-state index in [1.165, 1.54) is 12.3 Å². The Balaban J connectivity index is 1.68. The first-order chi connectivity index (χ1) is 10.5. The molecule has 0 aliphatic carbocycles. The van der Waals surface area contributed by atoms with Crippen LogP contribution in [0.15, 0.2) is 33.4 Å². The van der Waals surface area contributed by atoms with E-state index < -0.39 is 0 Å². The lowest BCUT2D eigenvalue weighted by molar-refractivity contribution is -0.144. The molecule has 0 saturated carbocycles. The lowest BCUT2D eigenvalue weighted by Crippen LogP contribution is -2.08. The number of fused-ring (bicyclic) bond motifs is 1. The van der Waals surface area contributed by atoms with Crippen molar-refractivity contribution in [1.82, 2.24) is 5.16 Å². The van der Waals surface area contributed by atoms with Crippen LogP contribution in [0.5, 0.6) is 5.75 Å². The van der Waals surface area contributed by atoms with Gasteiger partial charge in [0, 0.05) is 17.0 Å². The summed E-state index contributed by atoms with van der Waals surface area (Å²) in [5, 5.41) is 14.0. The van der Waals surface area contributed by atoms with Crippen LogP contribution in [0, 0.1) is 13.8 Å². The predicted molar refractivity (Wildman–Crippen MR) is 77.4 cm³/mol.